The molecule has 0 N–H and O–H groups in total. The van der Waals surface area contributed by atoms with Gasteiger partial charge in [0.25, 0.3) is 0 Å². The summed E-state index contributed by atoms with van der Waals surface area (Å²) in [5.74, 6) is 0. The third-order valence-corrected chi connectivity index (χ3v) is 4.61. The van der Waals surface area contributed by atoms with E-state index in [1.54, 1.807) is 13.8 Å². The van der Waals surface area contributed by atoms with Crippen molar-refractivity contribution >= 4 is 67.4 Å². The minimum absolute atomic E-state index is 0.355. The minimum Gasteiger partial charge on any atom is -0.280 e. The molecule has 0 radical (unpaired) electrons. The van der Waals surface area contributed by atoms with Crippen LogP contribution >= 0.6 is 46.4 Å². The fourth-order valence-electron chi connectivity index (χ4n) is 0.960. The summed E-state index contributed by atoms with van der Waals surface area (Å²) in [6, 6.07) is 0. The van der Waals surface area contributed by atoms with E-state index >= 15 is 0 Å². The smallest absolute Gasteiger partial charge is 0.236 e. The van der Waals surface area contributed by atoms with Crippen LogP contribution in [0.1, 0.15) is 40.5 Å². The van der Waals surface area contributed by atoms with Crippen molar-refractivity contribution in [1.82, 2.24) is 0 Å². The molecule has 0 aliphatic heterocycles. The van der Waals surface area contributed by atoms with Gasteiger partial charge in [-0.05, 0) is 73.1 Å². The molecule has 0 fully saturated rings. The second-order valence-electron chi connectivity index (χ2n) is 4.51. The van der Waals surface area contributed by atoms with E-state index in [1.165, 1.54) is 13.8 Å². The Balaban J connectivity index is 0. The first-order valence-corrected chi connectivity index (χ1v) is 7.21. The van der Waals surface area contributed by atoms with Crippen molar-refractivity contribution in [3.05, 3.63) is 0 Å². The van der Waals surface area contributed by atoms with Gasteiger partial charge in [-0.25, -0.2) is 0 Å². The molecule has 0 amide bonds. The first-order chi connectivity index (χ1) is 8.89. The van der Waals surface area contributed by atoms with Gasteiger partial charge in [-0.3, -0.25) is 19.2 Å². The monoisotopic (exact) mass is 364 g/mol. The van der Waals surface area contributed by atoms with Crippen LogP contribution in [0.2, 0.25) is 0 Å². The highest BCUT2D eigenvalue weighted by molar-refractivity contribution is 6.75. The van der Waals surface area contributed by atoms with Gasteiger partial charge in [0.2, 0.25) is 21.0 Å². The fraction of sp³-hybridized carbons (Fsp3) is 0.667. The third kappa shape index (κ3) is 5.68. The molecule has 8 heteroatoms. The Morgan fingerprint density at radius 1 is 0.700 bits per heavy atom. The van der Waals surface area contributed by atoms with E-state index in [2.05, 4.69) is 0 Å². The van der Waals surface area contributed by atoms with Crippen LogP contribution < -0.4 is 0 Å². The van der Waals surface area contributed by atoms with Gasteiger partial charge in [0, 0.05) is 0 Å². The lowest BCUT2D eigenvalue weighted by atomic mass is 9.85. The van der Waals surface area contributed by atoms with Gasteiger partial charge in [-0.15, -0.1) is 0 Å². The van der Waals surface area contributed by atoms with Gasteiger partial charge in [-0.2, -0.15) is 0 Å². The van der Waals surface area contributed by atoms with Gasteiger partial charge in [0.15, 0.2) is 0 Å². The number of hydrogen-bond donors (Lipinski definition) is 0. The molecule has 4 nitrogen and oxygen atoms in total. The number of hydrogen-bond acceptors (Lipinski definition) is 4. The maximum absolute atomic E-state index is 10.8. The molecule has 0 heterocycles. The molecule has 0 aromatic rings. The molecule has 0 atom stereocenters. The van der Waals surface area contributed by atoms with Crippen molar-refractivity contribution in [2.75, 3.05) is 0 Å². The summed E-state index contributed by atoms with van der Waals surface area (Å²) < 4.78 is 0. The molecule has 116 valence electrons. The Morgan fingerprint density at radius 2 is 0.950 bits per heavy atom. The summed E-state index contributed by atoms with van der Waals surface area (Å²) in [6.07, 6.45) is 0.711. The average Bonchev–Trinajstić information content (AvgIpc) is 2.30. The van der Waals surface area contributed by atoms with Crippen LogP contribution in [0.25, 0.3) is 0 Å². The van der Waals surface area contributed by atoms with Crippen molar-refractivity contribution in [2.24, 2.45) is 10.8 Å². The van der Waals surface area contributed by atoms with Crippen molar-refractivity contribution in [1.29, 1.82) is 0 Å². The van der Waals surface area contributed by atoms with Crippen molar-refractivity contribution in [3.63, 3.8) is 0 Å². The SMILES string of the molecule is CC(C)(C(=O)Cl)C(=O)Cl.CCC(CC)(C(=O)Cl)C(=O)Cl. The summed E-state index contributed by atoms with van der Waals surface area (Å²) in [6.45, 7) is 6.17. The number of halogens is 4. The normalized spacial score (nSPS) is 11.2. The maximum atomic E-state index is 10.8. The van der Waals surface area contributed by atoms with Gasteiger partial charge in [0.05, 0.1) is 0 Å². The predicted molar refractivity (Wildman–Crippen MR) is 80.2 cm³/mol. The van der Waals surface area contributed by atoms with E-state index in [1.807, 2.05) is 0 Å². The average molecular weight is 366 g/mol. The highest BCUT2D eigenvalue weighted by Crippen LogP contribution is 2.31. The molecule has 0 aromatic carbocycles. The largest absolute Gasteiger partial charge is 0.280 e. The Morgan fingerprint density at radius 3 is 0.950 bits per heavy atom. The summed E-state index contributed by atoms with van der Waals surface area (Å²) in [4.78, 5) is 42.4. The third-order valence-electron chi connectivity index (χ3n) is 2.94. The molecule has 0 bridgehead atoms. The van der Waals surface area contributed by atoms with Crippen LogP contribution in [0, 0.1) is 10.8 Å². The Bertz CT molecular complexity index is 368. The predicted octanol–water partition coefficient (Wildman–Crippen LogP) is 3.87. The molecule has 0 unspecified atom stereocenters. The van der Waals surface area contributed by atoms with Crippen LogP contribution in [-0.4, -0.2) is 21.0 Å². The summed E-state index contributed by atoms with van der Waals surface area (Å²) >= 11 is 20.5. The lowest BCUT2D eigenvalue weighted by Crippen LogP contribution is -2.32. The standard InChI is InChI=1S/C7H10Cl2O2.C5H6Cl2O2/c1-3-7(4-2,5(8)10)6(9)11;1-5(2,3(6)8)4(7)9/h3-4H2,1-2H3;1-2H3. The fourth-order valence-corrected chi connectivity index (χ4v) is 1.94. The van der Waals surface area contributed by atoms with Crippen LogP contribution in [0.15, 0.2) is 0 Å². The van der Waals surface area contributed by atoms with Crippen LogP contribution in [0.5, 0.6) is 0 Å². The number of carbonyl (C=O) groups excluding carboxylic acids is 4. The zero-order valence-corrected chi connectivity index (χ0v) is 14.6. The van der Waals surface area contributed by atoms with Gasteiger partial charge < -0.3 is 0 Å². The van der Waals surface area contributed by atoms with Gasteiger partial charge in [0.1, 0.15) is 10.8 Å². The molecular weight excluding hydrogens is 350 g/mol. The molecule has 0 saturated heterocycles. The van der Waals surface area contributed by atoms with Crippen molar-refractivity contribution in [2.45, 2.75) is 40.5 Å². The lowest BCUT2D eigenvalue weighted by Gasteiger charge is -2.21. The molecule has 0 aliphatic rings. The van der Waals surface area contributed by atoms with E-state index in [-0.39, 0.29) is 0 Å². The van der Waals surface area contributed by atoms with Gasteiger partial charge >= 0.3 is 0 Å². The molecule has 0 saturated carbocycles. The maximum Gasteiger partial charge on any atom is 0.236 e. The Hall–Kier alpha value is -0.160. The molecule has 0 aromatic heterocycles. The topological polar surface area (TPSA) is 68.3 Å². The van der Waals surface area contributed by atoms with E-state index in [0.717, 1.165) is 0 Å². The molecule has 0 aliphatic carbocycles. The molecule has 0 rings (SSSR count). The zero-order chi connectivity index (χ0) is 16.7. The summed E-state index contributed by atoms with van der Waals surface area (Å²) in [5, 5.41) is -2.80. The Labute approximate surface area is 138 Å². The van der Waals surface area contributed by atoms with Crippen molar-refractivity contribution < 1.29 is 19.2 Å². The van der Waals surface area contributed by atoms with Crippen molar-refractivity contribution in [3.8, 4) is 0 Å². The Kier molecular flexibility index (Phi) is 9.94. The lowest BCUT2D eigenvalue weighted by molar-refractivity contribution is -0.132. The summed E-state index contributed by atoms with van der Waals surface area (Å²) in [5.41, 5.74) is -2.41. The second-order valence-corrected chi connectivity index (χ2v) is 5.88. The number of carbonyl (C=O) groups is 4. The molecule has 0 spiro atoms. The van der Waals surface area contributed by atoms with E-state index in [9.17, 15) is 19.2 Å². The second kappa shape index (κ2) is 8.98. The van der Waals surface area contributed by atoms with Crippen LogP contribution in [0.4, 0.5) is 0 Å². The van der Waals surface area contributed by atoms with Crippen LogP contribution in [0.3, 0.4) is 0 Å². The zero-order valence-electron chi connectivity index (χ0n) is 11.6. The quantitative estimate of drug-likeness (QED) is 0.529. The van der Waals surface area contributed by atoms with E-state index in [0.29, 0.717) is 12.8 Å². The van der Waals surface area contributed by atoms with E-state index in [4.69, 9.17) is 46.4 Å². The van der Waals surface area contributed by atoms with E-state index < -0.39 is 31.8 Å². The van der Waals surface area contributed by atoms with Gasteiger partial charge in [-0.1, -0.05) is 13.8 Å². The highest BCUT2D eigenvalue weighted by atomic mass is 35.5. The molecular formula is C12H16Cl4O4. The first kappa shape index (κ1) is 22.1. The highest BCUT2D eigenvalue weighted by Gasteiger charge is 2.40. The summed E-state index contributed by atoms with van der Waals surface area (Å²) in [7, 11) is 0. The minimum atomic E-state index is -1.25. The number of rotatable bonds is 6. The molecule has 20 heavy (non-hydrogen) atoms. The first-order valence-electron chi connectivity index (χ1n) is 5.69. The van der Waals surface area contributed by atoms with Crippen LogP contribution in [-0.2, 0) is 19.2 Å².